The van der Waals surface area contributed by atoms with Crippen molar-refractivity contribution in [2.24, 2.45) is 5.16 Å². The molecule has 1 fully saturated rings. The number of nitrogens with one attached hydrogen (secondary N) is 1. The lowest BCUT2D eigenvalue weighted by Gasteiger charge is -2.28. The van der Waals surface area contributed by atoms with E-state index in [1.807, 2.05) is 48.5 Å². The van der Waals surface area contributed by atoms with Gasteiger partial charge in [0.2, 0.25) is 5.88 Å². The number of rotatable bonds is 10. The Labute approximate surface area is 221 Å². The summed E-state index contributed by atoms with van der Waals surface area (Å²) in [5, 5.41) is 6.81. The summed E-state index contributed by atoms with van der Waals surface area (Å²) in [5.74, 6) is -0.102. The van der Waals surface area contributed by atoms with Gasteiger partial charge in [-0.15, -0.1) is 0 Å². The molecule has 37 heavy (non-hydrogen) atoms. The van der Waals surface area contributed by atoms with E-state index in [0.717, 1.165) is 36.0 Å². The number of pyridine rings is 1. The third-order valence-corrected chi connectivity index (χ3v) is 6.19. The Morgan fingerprint density at radius 2 is 1.95 bits per heavy atom. The lowest BCUT2D eigenvalue weighted by molar-refractivity contribution is -0.181. The van der Waals surface area contributed by atoms with E-state index in [2.05, 4.69) is 15.5 Å². The van der Waals surface area contributed by atoms with Crippen molar-refractivity contribution in [1.29, 1.82) is 0 Å². The summed E-state index contributed by atoms with van der Waals surface area (Å²) in [5.41, 5.74) is 3.24. The highest BCUT2D eigenvalue weighted by Crippen LogP contribution is 2.33. The molecule has 0 saturated carbocycles. The molecule has 1 amide bonds. The summed E-state index contributed by atoms with van der Waals surface area (Å²) in [6, 6.07) is 19.0. The molecule has 1 aliphatic heterocycles. The molecule has 2 aromatic carbocycles. The number of aromatic nitrogens is 1. The number of hydrogen-bond donors (Lipinski definition) is 1. The zero-order chi connectivity index (χ0) is 26.0. The molecular formula is C28H30ClN3O5. The third kappa shape index (κ3) is 6.85. The van der Waals surface area contributed by atoms with Crippen molar-refractivity contribution in [2.45, 2.75) is 38.3 Å². The maximum absolute atomic E-state index is 12.3. The van der Waals surface area contributed by atoms with Crippen LogP contribution < -0.4 is 10.1 Å². The Morgan fingerprint density at radius 3 is 2.65 bits per heavy atom. The number of amides is 1. The molecule has 0 radical (unpaired) electrons. The van der Waals surface area contributed by atoms with Gasteiger partial charge in [0.05, 0.1) is 0 Å². The maximum atomic E-state index is 12.3. The highest BCUT2D eigenvalue weighted by molar-refractivity contribution is 6.45. The average molecular weight is 524 g/mol. The quantitative estimate of drug-likeness (QED) is 0.295. The Bertz CT molecular complexity index is 1220. The van der Waals surface area contributed by atoms with Crippen molar-refractivity contribution < 1.29 is 23.8 Å². The van der Waals surface area contributed by atoms with E-state index in [1.54, 1.807) is 18.3 Å². The highest BCUT2D eigenvalue weighted by atomic mass is 35.5. The van der Waals surface area contributed by atoms with E-state index in [9.17, 15) is 4.79 Å². The largest absolute Gasteiger partial charge is 0.472 e. The van der Waals surface area contributed by atoms with Gasteiger partial charge in [0.1, 0.15) is 24.8 Å². The van der Waals surface area contributed by atoms with Crippen LogP contribution in [0.1, 0.15) is 47.6 Å². The number of oxime groups is 1. The zero-order valence-corrected chi connectivity index (χ0v) is 21.6. The van der Waals surface area contributed by atoms with E-state index >= 15 is 0 Å². The molecule has 1 N–H and O–H groups in total. The number of carbonyl (C=O) groups is 1. The first kappa shape index (κ1) is 26.6. The average Bonchev–Trinajstić information content (AvgIpc) is 2.95. The fourth-order valence-corrected chi connectivity index (χ4v) is 4.31. The maximum Gasteiger partial charge on any atom is 0.273 e. The molecule has 3 aromatic rings. The summed E-state index contributed by atoms with van der Waals surface area (Å²) in [6.07, 6.45) is 3.99. The molecule has 1 saturated heterocycles. The summed E-state index contributed by atoms with van der Waals surface area (Å²) in [6.45, 7) is 0.812. The highest BCUT2D eigenvalue weighted by Gasteiger charge is 2.24. The topological polar surface area (TPSA) is 91.3 Å². The van der Waals surface area contributed by atoms with Crippen LogP contribution in [0.5, 0.6) is 5.88 Å². The van der Waals surface area contributed by atoms with Crippen LogP contribution in [-0.4, -0.2) is 43.7 Å². The van der Waals surface area contributed by atoms with Crippen molar-refractivity contribution in [2.75, 3.05) is 20.8 Å². The van der Waals surface area contributed by atoms with Crippen LogP contribution in [0.3, 0.4) is 0 Å². The normalized spacial score (nSPS) is 16.6. The molecule has 4 rings (SSSR count). The standard InChI is InChI=1S/C28H30ClN3O5/c1-30-27(33)25(32-34-2)22-13-7-6-12-20(22)18-36-28-23(29)16-21(17-31-28)26(19-10-4-3-5-11-19)37-24-14-8-9-15-35-24/h3-7,10-13,16-17,24,26H,8-9,14-15,18H2,1-2H3,(H,30,33). The predicted octanol–water partition coefficient (Wildman–Crippen LogP) is 5.04. The smallest absolute Gasteiger partial charge is 0.273 e. The van der Waals surface area contributed by atoms with Crippen molar-refractivity contribution in [3.8, 4) is 5.88 Å². The Kier molecular flexibility index (Phi) is 9.48. The number of ether oxygens (including phenoxy) is 3. The van der Waals surface area contributed by atoms with Gasteiger partial charge in [-0.3, -0.25) is 4.79 Å². The minimum atomic E-state index is -0.385. The van der Waals surface area contributed by atoms with E-state index < -0.39 is 0 Å². The summed E-state index contributed by atoms with van der Waals surface area (Å²) in [7, 11) is 2.92. The monoisotopic (exact) mass is 523 g/mol. The van der Waals surface area contributed by atoms with Gasteiger partial charge in [0.25, 0.3) is 5.91 Å². The van der Waals surface area contributed by atoms with Crippen LogP contribution >= 0.6 is 11.6 Å². The second kappa shape index (κ2) is 13.2. The van der Waals surface area contributed by atoms with Crippen molar-refractivity contribution in [3.63, 3.8) is 0 Å². The first-order valence-corrected chi connectivity index (χ1v) is 12.5. The molecule has 1 aromatic heterocycles. The molecular weight excluding hydrogens is 494 g/mol. The molecule has 8 nitrogen and oxygen atoms in total. The summed E-state index contributed by atoms with van der Waals surface area (Å²) < 4.78 is 18.1. The van der Waals surface area contributed by atoms with Gasteiger partial charge in [-0.1, -0.05) is 71.4 Å². The van der Waals surface area contributed by atoms with Crippen LogP contribution in [-0.2, 0) is 25.7 Å². The third-order valence-electron chi connectivity index (χ3n) is 5.92. The fourth-order valence-electron chi connectivity index (χ4n) is 4.08. The molecule has 1 aliphatic rings. The van der Waals surface area contributed by atoms with Crippen LogP contribution in [0.15, 0.2) is 72.0 Å². The fraction of sp³-hybridized carbons (Fsp3) is 0.321. The van der Waals surface area contributed by atoms with Gasteiger partial charge in [-0.2, -0.15) is 0 Å². The SMILES string of the molecule is CNC(=O)C(=NOC)c1ccccc1COc1ncc(C(OC2CCCCO2)c2ccccc2)cc1Cl. The van der Waals surface area contributed by atoms with Crippen molar-refractivity contribution in [3.05, 3.63) is 94.1 Å². The van der Waals surface area contributed by atoms with Gasteiger partial charge >= 0.3 is 0 Å². The number of benzene rings is 2. The summed E-state index contributed by atoms with van der Waals surface area (Å²) in [4.78, 5) is 21.7. The van der Waals surface area contributed by atoms with Crippen molar-refractivity contribution >= 4 is 23.2 Å². The lowest BCUT2D eigenvalue weighted by Crippen LogP contribution is -2.29. The number of carbonyl (C=O) groups excluding carboxylic acids is 1. The molecule has 2 unspecified atom stereocenters. The number of halogens is 1. The molecule has 0 aliphatic carbocycles. The number of hydrogen-bond acceptors (Lipinski definition) is 7. The second-order valence-corrected chi connectivity index (χ2v) is 8.83. The van der Waals surface area contributed by atoms with E-state index in [0.29, 0.717) is 17.2 Å². The molecule has 9 heteroatoms. The molecule has 194 valence electrons. The molecule has 0 spiro atoms. The molecule has 2 atom stereocenters. The van der Waals surface area contributed by atoms with Crippen LogP contribution in [0.2, 0.25) is 5.02 Å². The molecule has 0 bridgehead atoms. The Morgan fingerprint density at radius 1 is 1.16 bits per heavy atom. The minimum Gasteiger partial charge on any atom is -0.472 e. The first-order valence-electron chi connectivity index (χ1n) is 12.1. The predicted molar refractivity (Wildman–Crippen MR) is 141 cm³/mol. The van der Waals surface area contributed by atoms with E-state index in [1.165, 1.54) is 14.2 Å². The van der Waals surface area contributed by atoms with Gasteiger partial charge in [0, 0.05) is 31.0 Å². The first-order chi connectivity index (χ1) is 18.1. The minimum absolute atomic E-state index is 0.122. The number of nitrogens with zero attached hydrogens (tertiary/aromatic N) is 2. The second-order valence-electron chi connectivity index (χ2n) is 8.43. The van der Waals surface area contributed by atoms with Gasteiger partial charge in [0.15, 0.2) is 12.0 Å². The van der Waals surface area contributed by atoms with Gasteiger partial charge in [-0.05, 0) is 36.5 Å². The van der Waals surface area contributed by atoms with Crippen LogP contribution in [0.25, 0.3) is 0 Å². The zero-order valence-electron chi connectivity index (χ0n) is 20.9. The van der Waals surface area contributed by atoms with E-state index in [4.69, 9.17) is 30.6 Å². The Hall–Kier alpha value is -3.46. The van der Waals surface area contributed by atoms with E-state index in [-0.39, 0.29) is 36.5 Å². The van der Waals surface area contributed by atoms with Crippen LogP contribution in [0, 0.1) is 0 Å². The summed E-state index contributed by atoms with van der Waals surface area (Å²) >= 11 is 6.61. The Balaban J connectivity index is 1.54. The number of likely N-dealkylation sites (N-methyl/N-ethyl adjacent to an activating group) is 1. The van der Waals surface area contributed by atoms with Gasteiger partial charge < -0.3 is 24.4 Å². The lowest BCUT2D eigenvalue weighted by atomic mass is 10.0. The van der Waals surface area contributed by atoms with Gasteiger partial charge in [-0.25, -0.2) is 4.98 Å². The van der Waals surface area contributed by atoms with Crippen LogP contribution in [0.4, 0.5) is 0 Å². The molecule has 2 heterocycles. The van der Waals surface area contributed by atoms with Crippen molar-refractivity contribution in [1.82, 2.24) is 10.3 Å².